The maximum absolute atomic E-state index is 12.7. The second-order valence-corrected chi connectivity index (χ2v) is 7.54. The first-order chi connectivity index (χ1) is 14.0. The van der Waals surface area contributed by atoms with E-state index in [9.17, 15) is 14.4 Å². The van der Waals surface area contributed by atoms with Crippen LogP contribution in [0.25, 0.3) is 0 Å². The van der Waals surface area contributed by atoms with Crippen LogP contribution in [0.1, 0.15) is 45.9 Å². The van der Waals surface area contributed by atoms with Crippen LogP contribution in [0.3, 0.4) is 0 Å². The van der Waals surface area contributed by atoms with E-state index in [1.807, 2.05) is 48.5 Å². The van der Waals surface area contributed by atoms with Gasteiger partial charge in [-0.05, 0) is 29.2 Å². The van der Waals surface area contributed by atoms with Gasteiger partial charge in [-0.1, -0.05) is 42.5 Å². The van der Waals surface area contributed by atoms with Crippen molar-refractivity contribution >= 4 is 17.7 Å². The van der Waals surface area contributed by atoms with Gasteiger partial charge in [-0.25, -0.2) is 0 Å². The summed E-state index contributed by atoms with van der Waals surface area (Å²) in [6.45, 7) is 1.67. The van der Waals surface area contributed by atoms with E-state index in [0.717, 1.165) is 16.7 Å². The van der Waals surface area contributed by atoms with E-state index in [2.05, 4.69) is 10.6 Å². The first-order valence-electron chi connectivity index (χ1n) is 9.80. The number of nitrogens with one attached hydrogen (secondary N) is 2. The van der Waals surface area contributed by atoms with Crippen molar-refractivity contribution in [1.82, 2.24) is 15.5 Å². The van der Waals surface area contributed by atoms with E-state index in [-0.39, 0.29) is 30.2 Å². The number of carbonyl (C=O) groups is 3. The Balaban J connectivity index is 1.37. The summed E-state index contributed by atoms with van der Waals surface area (Å²) in [5, 5.41) is 5.69. The van der Waals surface area contributed by atoms with Crippen molar-refractivity contribution in [1.29, 1.82) is 0 Å². The van der Waals surface area contributed by atoms with Crippen LogP contribution >= 0.6 is 0 Å². The Morgan fingerprint density at radius 1 is 1.14 bits per heavy atom. The number of carbonyl (C=O) groups excluding carboxylic acids is 3. The lowest BCUT2D eigenvalue weighted by molar-refractivity contribution is -0.136. The molecule has 0 aliphatic carbocycles. The minimum atomic E-state index is -0.585. The molecule has 1 unspecified atom stereocenters. The molecule has 0 spiro atoms. The number of amides is 3. The van der Waals surface area contributed by atoms with Crippen LogP contribution < -0.4 is 16.4 Å². The minimum Gasteiger partial charge on any atom is -0.323 e. The van der Waals surface area contributed by atoms with Gasteiger partial charge in [0.2, 0.25) is 11.8 Å². The Labute approximate surface area is 169 Å². The molecule has 4 rings (SSSR count). The normalized spacial score (nSPS) is 19.8. The van der Waals surface area contributed by atoms with Crippen LogP contribution in [0.2, 0.25) is 0 Å². The molecule has 2 aliphatic rings. The van der Waals surface area contributed by atoms with Crippen LogP contribution in [-0.4, -0.2) is 35.2 Å². The SMILES string of the molecule is N[C@@H](CNCc1ccc2c(c1)CN(C1CCC(=O)NC1=O)C2=O)c1ccccc1. The average molecular weight is 392 g/mol. The zero-order chi connectivity index (χ0) is 20.4. The van der Waals surface area contributed by atoms with Gasteiger partial charge in [-0.15, -0.1) is 0 Å². The molecule has 150 valence electrons. The molecule has 0 radical (unpaired) electrons. The summed E-state index contributed by atoms with van der Waals surface area (Å²) in [6, 6.07) is 15.0. The fourth-order valence-electron chi connectivity index (χ4n) is 3.93. The largest absolute Gasteiger partial charge is 0.323 e. The molecular formula is C22H24N4O3. The number of piperidine rings is 1. The third-order valence-electron chi connectivity index (χ3n) is 5.51. The third kappa shape index (κ3) is 4.06. The number of hydrogen-bond donors (Lipinski definition) is 3. The van der Waals surface area contributed by atoms with Gasteiger partial charge >= 0.3 is 0 Å². The lowest BCUT2D eigenvalue weighted by Crippen LogP contribution is -2.52. The second-order valence-electron chi connectivity index (χ2n) is 7.54. The Morgan fingerprint density at radius 3 is 2.69 bits per heavy atom. The van der Waals surface area contributed by atoms with Crippen molar-refractivity contribution in [2.75, 3.05) is 6.54 Å². The van der Waals surface area contributed by atoms with E-state index in [1.54, 1.807) is 4.90 Å². The van der Waals surface area contributed by atoms with Crippen molar-refractivity contribution in [2.24, 2.45) is 5.73 Å². The topological polar surface area (TPSA) is 105 Å². The molecule has 3 amide bonds. The molecule has 1 saturated heterocycles. The summed E-state index contributed by atoms with van der Waals surface area (Å²) >= 11 is 0. The fraction of sp³-hybridized carbons (Fsp3) is 0.318. The average Bonchev–Trinajstić information content (AvgIpc) is 3.04. The molecule has 7 nitrogen and oxygen atoms in total. The van der Waals surface area contributed by atoms with Gasteiger partial charge < -0.3 is 16.0 Å². The highest BCUT2D eigenvalue weighted by molar-refractivity contribution is 6.05. The number of nitrogens with two attached hydrogens (primary N) is 1. The molecule has 4 N–H and O–H groups in total. The molecule has 7 heteroatoms. The number of hydrogen-bond acceptors (Lipinski definition) is 5. The predicted octanol–water partition coefficient (Wildman–Crippen LogP) is 1.24. The number of fused-ring (bicyclic) bond motifs is 1. The van der Waals surface area contributed by atoms with Crippen molar-refractivity contribution < 1.29 is 14.4 Å². The van der Waals surface area contributed by atoms with Crippen molar-refractivity contribution in [3.63, 3.8) is 0 Å². The fourth-order valence-corrected chi connectivity index (χ4v) is 3.93. The van der Waals surface area contributed by atoms with Crippen LogP contribution in [0.4, 0.5) is 0 Å². The second kappa shape index (κ2) is 8.14. The number of nitrogens with zero attached hydrogens (tertiary/aromatic N) is 1. The summed E-state index contributed by atoms with van der Waals surface area (Å²) in [7, 11) is 0. The van der Waals surface area contributed by atoms with Gasteiger partial charge in [-0.3, -0.25) is 19.7 Å². The highest BCUT2D eigenvalue weighted by atomic mass is 16.2. The Bertz CT molecular complexity index is 944. The quantitative estimate of drug-likeness (QED) is 0.642. The first kappa shape index (κ1) is 19.3. The maximum atomic E-state index is 12.7. The Morgan fingerprint density at radius 2 is 1.93 bits per heavy atom. The van der Waals surface area contributed by atoms with E-state index >= 15 is 0 Å². The Hall–Kier alpha value is -3.03. The highest BCUT2D eigenvalue weighted by Gasteiger charge is 2.38. The molecule has 2 aliphatic heterocycles. The van der Waals surface area contributed by atoms with E-state index in [0.29, 0.717) is 31.6 Å². The third-order valence-corrected chi connectivity index (χ3v) is 5.51. The maximum Gasteiger partial charge on any atom is 0.255 e. The van der Waals surface area contributed by atoms with Crippen LogP contribution in [0, 0.1) is 0 Å². The molecule has 0 bridgehead atoms. The lowest BCUT2D eigenvalue weighted by Gasteiger charge is -2.29. The standard InChI is InChI=1S/C22H24N4O3/c23-18(15-4-2-1-3-5-15)12-24-11-14-6-7-17-16(10-14)13-26(22(17)29)19-8-9-20(27)25-21(19)28/h1-7,10,18-19,24H,8-9,11-13,23H2,(H,25,27,28)/t18-,19?/m0/s1. The van der Waals surface area contributed by atoms with Gasteiger partial charge in [0, 0.05) is 37.7 Å². The van der Waals surface area contributed by atoms with Crippen LogP contribution in [0.15, 0.2) is 48.5 Å². The van der Waals surface area contributed by atoms with Gasteiger partial charge in [0.05, 0.1) is 0 Å². The molecule has 0 aromatic heterocycles. The smallest absolute Gasteiger partial charge is 0.255 e. The van der Waals surface area contributed by atoms with Gasteiger partial charge in [0.25, 0.3) is 5.91 Å². The molecule has 2 aromatic carbocycles. The van der Waals surface area contributed by atoms with Crippen molar-refractivity contribution in [3.05, 3.63) is 70.8 Å². The molecule has 0 saturated carbocycles. The summed E-state index contributed by atoms with van der Waals surface area (Å²) < 4.78 is 0. The van der Waals surface area contributed by atoms with E-state index in [4.69, 9.17) is 5.73 Å². The predicted molar refractivity (Wildman–Crippen MR) is 108 cm³/mol. The molecular weight excluding hydrogens is 368 g/mol. The zero-order valence-corrected chi connectivity index (χ0v) is 16.1. The van der Waals surface area contributed by atoms with Crippen molar-refractivity contribution in [2.45, 2.75) is 38.0 Å². The van der Waals surface area contributed by atoms with Crippen LogP contribution in [0.5, 0.6) is 0 Å². The van der Waals surface area contributed by atoms with Crippen molar-refractivity contribution in [3.8, 4) is 0 Å². The zero-order valence-electron chi connectivity index (χ0n) is 16.1. The van der Waals surface area contributed by atoms with Gasteiger partial charge in [0.1, 0.15) is 6.04 Å². The Kier molecular flexibility index (Phi) is 5.42. The summed E-state index contributed by atoms with van der Waals surface area (Å²) in [6.07, 6.45) is 0.629. The monoisotopic (exact) mass is 392 g/mol. The molecule has 2 atom stereocenters. The first-order valence-corrected chi connectivity index (χ1v) is 9.80. The van der Waals surface area contributed by atoms with E-state index < -0.39 is 6.04 Å². The summed E-state index contributed by atoms with van der Waals surface area (Å²) in [5.41, 5.74) is 9.89. The molecule has 1 fully saturated rings. The molecule has 2 aromatic rings. The highest BCUT2D eigenvalue weighted by Crippen LogP contribution is 2.28. The van der Waals surface area contributed by atoms with Crippen LogP contribution in [-0.2, 0) is 22.7 Å². The van der Waals surface area contributed by atoms with Gasteiger partial charge in [-0.2, -0.15) is 0 Å². The number of benzene rings is 2. The van der Waals surface area contributed by atoms with Gasteiger partial charge in [0.15, 0.2) is 0 Å². The van der Waals surface area contributed by atoms with E-state index in [1.165, 1.54) is 0 Å². The summed E-state index contributed by atoms with van der Waals surface area (Å²) in [4.78, 5) is 37.8. The number of rotatable bonds is 6. The minimum absolute atomic E-state index is 0.0878. The summed E-state index contributed by atoms with van der Waals surface area (Å²) in [5.74, 6) is -0.822. The lowest BCUT2D eigenvalue weighted by atomic mass is 10.0. The molecule has 2 heterocycles. The molecule has 29 heavy (non-hydrogen) atoms. The number of imide groups is 1.